The number of ether oxygens (including phenoxy) is 6. The van der Waals surface area contributed by atoms with E-state index in [1.165, 1.54) is 94.1 Å². The van der Waals surface area contributed by atoms with E-state index < -0.39 is 84.1 Å². The Bertz CT molecular complexity index is 2930. The minimum absolute atomic E-state index is 0.00503. The van der Waals surface area contributed by atoms with Gasteiger partial charge < -0.3 is 94.5 Å². The molecule has 0 aliphatic carbocycles. The number of carboxylic acid groups (broad SMARTS) is 1. The molecule has 0 fully saturated rings. The number of benzene rings is 4. The van der Waals surface area contributed by atoms with Crippen molar-refractivity contribution >= 4 is 64.7 Å². The zero-order valence-corrected chi connectivity index (χ0v) is 47.3. The predicted octanol–water partition coefficient (Wildman–Crippen LogP) is 2.20. The van der Waals surface area contributed by atoms with Crippen LogP contribution in [0.1, 0.15) is 118 Å². The number of esters is 2. The maximum absolute atomic E-state index is 14.2. The fourth-order valence-corrected chi connectivity index (χ4v) is 8.32. The molecule has 4 rings (SSSR count). The Morgan fingerprint density at radius 3 is 1.25 bits per heavy atom. The first-order valence-electron chi connectivity index (χ1n) is 27.2. The van der Waals surface area contributed by atoms with Crippen LogP contribution in [0.3, 0.4) is 0 Å². The van der Waals surface area contributed by atoms with Gasteiger partial charge in [-0.2, -0.15) is 0 Å². The lowest BCUT2D eigenvalue weighted by atomic mass is 10.1. The first kappa shape index (κ1) is 67.6. The van der Waals surface area contributed by atoms with Crippen LogP contribution < -0.4 is 89.4 Å². The number of amides is 6. The van der Waals surface area contributed by atoms with Crippen LogP contribution in [0.25, 0.3) is 0 Å². The highest BCUT2D eigenvalue weighted by Crippen LogP contribution is 2.29. The van der Waals surface area contributed by atoms with Gasteiger partial charge in [-0.3, -0.25) is 28.8 Å². The van der Waals surface area contributed by atoms with Crippen LogP contribution >= 0.6 is 0 Å². The molecule has 4 aromatic rings. The topological polar surface area (TPSA) is 446 Å². The van der Waals surface area contributed by atoms with Gasteiger partial charge in [-0.25, -0.2) is 14.4 Å². The molecule has 0 aromatic heterocycles. The van der Waals surface area contributed by atoms with Crippen molar-refractivity contribution < 1.29 is 76.7 Å². The summed E-state index contributed by atoms with van der Waals surface area (Å²) in [5.41, 5.74) is 34.0. The fraction of sp³-hybridized carbons (Fsp3) is 0.421. The van der Waals surface area contributed by atoms with E-state index in [0.29, 0.717) is 77.4 Å². The molecule has 0 saturated carbocycles. The Morgan fingerprint density at radius 2 is 0.833 bits per heavy atom. The number of primary amides is 1. The predicted molar refractivity (Wildman–Crippen MR) is 309 cm³/mol. The zero-order valence-electron chi connectivity index (χ0n) is 47.3. The molecule has 27 nitrogen and oxygen atoms in total. The first-order chi connectivity index (χ1) is 40.3. The molecule has 0 heterocycles. The van der Waals surface area contributed by atoms with Gasteiger partial charge in [0.1, 0.15) is 58.7 Å². The molecular formula is C57H77N11O16. The summed E-state index contributed by atoms with van der Waals surface area (Å²) in [6.07, 6.45) is 4.61. The van der Waals surface area contributed by atoms with E-state index in [2.05, 4.69) is 26.6 Å². The van der Waals surface area contributed by atoms with Crippen LogP contribution in [-0.4, -0.2) is 137 Å². The van der Waals surface area contributed by atoms with E-state index in [4.69, 9.17) is 67.9 Å². The number of aliphatic carboxylic acids is 1. The molecule has 0 radical (unpaired) electrons. The fourth-order valence-electron chi connectivity index (χ4n) is 8.32. The van der Waals surface area contributed by atoms with E-state index in [-0.39, 0.29) is 93.9 Å². The molecule has 18 N–H and O–H groups in total. The highest BCUT2D eigenvalue weighted by molar-refractivity contribution is 6.06. The molecule has 0 spiro atoms. The molecule has 0 unspecified atom stereocenters. The van der Waals surface area contributed by atoms with Crippen molar-refractivity contribution in [2.75, 3.05) is 64.7 Å². The van der Waals surface area contributed by atoms with Crippen LogP contribution in [0.15, 0.2) is 72.8 Å². The Kier molecular flexibility index (Phi) is 28.3. The minimum Gasteiger partial charge on any atom is -0.496 e. The number of anilines is 2. The molecule has 84 heavy (non-hydrogen) atoms. The van der Waals surface area contributed by atoms with E-state index >= 15 is 0 Å². The summed E-state index contributed by atoms with van der Waals surface area (Å²) in [4.78, 5) is 120. The second-order valence-electron chi connectivity index (χ2n) is 19.0. The first-order valence-corrected chi connectivity index (χ1v) is 27.2. The SMILES string of the molecule is COc1ccc(NC(=O)[C@H](CCCCN)NC(=O)c2cc(OC(=O)[C@H](CCCCN)NC(=O)c3cc(OC(=O)[C@@H](N)CCCCN)ccc3OC)ccc2OC)cc1C(=O)N[C@@H](CCCCN)C(=O)Nc1ccc(OCC(=O)O)c(C(N)=O)c1. The van der Waals surface area contributed by atoms with Gasteiger partial charge in [-0.05, 0) is 170 Å². The molecular weight excluding hydrogens is 1090 g/mol. The lowest BCUT2D eigenvalue weighted by Gasteiger charge is -2.21. The quantitative estimate of drug-likeness (QED) is 0.0175. The van der Waals surface area contributed by atoms with Gasteiger partial charge in [0.15, 0.2) is 6.61 Å². The zero-order chi connectivity index (χ0) is 61.7. The van der Waals surface area contributed by atoms with Crippen molar-refractivity contribution in [3.8, 4) is 34.5 Å². The molecule has 456 valence electrons. The molecule has 0 saturated heterocycles. The van der Waals surface area contributed by atoms with Gasteiger partial charge in [0.2, 0.25) is 11.8 Å². The number of hydrogen-bond acceptors (Lipinski definition) is 20. The van der Waals surface area contributed by atoms with Gasteiger partial charge in [0, 0.05) is 11.4 Å². The van der Waals surface area contributed by atoms with Crippen molar-refractivity contribution in [2.24, 2.45) is 34.4 Å². The third-order valence-electron chi connectivity index (χ3n) is 12.8. The van der Waals surface area contributed by atoms with Gasteiger partial charge in [0.25, 0.3) is 23.6 Å². The van der Waals surface area contributed by atoms with E-state index in [0.717, 1.165) is 0 Å². The second kappa shape index (κ2) is 35.2. The number of carboxylic acids is 1. The normalized spacial score (nSPS) is 12.2. The van der Waals surface area contributed by atoms with Crippen LogP contribution in [0.2, 0.25) is 0 Å². The summed E-state index contributed by atoms with van der Waals surface area (Å²) < 4.78 is 32.8. The Balaban J connectivity index is 1.55. The molecule has 4 aromatic carbocycles. The van der Waals surface area contributed by atoms with Crippen molar-refractivity contribution in [1.82, 2.24) is 16.0 Å². The third-order valence-corrected chi connectivity index (χ3v) is 12.8. The largest absolute Gasteiger partial charge is 0.496 e. The summed E-state index contributed by atoms with van der Waals surface area (Å²) in [5.74, 6) is -7.66. The van der Waals surface area contributed by atoms with Crippen LogP contribution in [0, 0.1) is 0 Å². The molecule has 0 bridgehead atoms. The van der Waals surface area contributed by atoms with Crippen LogP contribution in [0.5, 0.6) is 34.5 Å². The van der Waals surface area contributed by atoms with Crippen LogP contribution in [0.4, 0.5) is 11.4 Å². The molecule has 6 amide bonds. The summed E-state index contributed by atoms with van der Waals surface area (Å²) in [6, 6.07) is 11.5. The lowest BCUT2D eigenvalue weighted by Crippen LogP contribution is -2.44. The monoisotopic (exact) mass is 1170 g/mol. The molecule has 0 aliphatic heterocycles. The van der Waals surface area contributed by atoms with Gasteiger partial charge in [-0.1, -0.05) is 6.42 Å². The Morgan fingerprint density at radius 1 is 0.464 bits per heavy atom. The maximum Gasteiger partial charge on any atom is 0.341 e. The van der Waals surface area contributed by atoms with Gasteiger partial charge >= 0.3 is 17.9 Å². The van der Waals surface area contributed by atoms with E-state index in [1.54, 1.807) is 0 Å². The smallest absolute Gasteiger partial charge is 0.341 e. The van der Waals surface area contributed by atoms with E-state index in [9.17, 15) is 43.2 Å². The molecule has 0 aliphatic rings. The third kappa shape index (κ3) is 21.1. The number of nitrogens with one attached hydrogen (secondary N) is 5. The highest BCUT2D eigenvalue weighted by Gasteiger charge is 2.30. The number of nitrogens with two attached hydrogens (primary N) is 6. The van der Waals surface area contributed by atoms with Crippen LogP contribution in [-0.2, 0) is 24.0 Å². The average molecular weight is 1170 g/mol. The van der Waals surface area contributed by atoms with Crippen molar-refractivity contribution in [1.29, 1.82) is 0 Å². The highest BCUT2D eigenvalue weighted by atomic mass is 16.5. The van der Waals surface area contributed by atoms with E-state index in [1.807, 2.05) is 0 Å². The number of carbonyl (C=O) groups is 9. The summed E-state index contributed by atoms with van der Waals surface area (Å²) in [5, 5.41) is 22.5. The van der Waals surface area contributed by atoms with Gasteiger partial charge in [-0.15, -0.1) is 0 Å². The second-order valence-corrected chi connectivity index (χ2v) is 19.0. The maximum atomic E-state index is 14.2. The lowest BCUT2D eigenvalue weighted by molar-refractivity contribution is -0.139. The Hall–Kier alpha value is -8.89. The number of rotatable bonds is 37. The number of hydrogen-bond donors (Lipinski definition) is 12. The molecule has 27 heteroatoms. The number of carbonyl (C=O) groups excluding carboxylic acids is 8. The Labute approximate surface area is 485 Å². The summed E-state index contributed by atoms with van der Waals surface area (Å²) in [6.45, 7) is 0.562. The summed E-state index contributed by atoms with van der Waals surface area (Å²) >= 11 is 0. The average Bonchev–Trinajstić information content (AvgIpc) is 3.66. The van der Waals surface area contributed by atoms with Crippen molar-refractivity contribution in [3.05, 3.63) is 95.1 Å². The summed E-state index contributed by atoms with van der Waals surface area (Å²) in [7, 11) is 3.96. The van der Waals surface area contributed by atoms with Crippen molar-refractivity contribution in [2.45, 2.75) is 101 Å². The van der Waals surface area contributed by atoms with Gasteiger partial charge in [0.05, 0.1) is 43.6 Å². The minimum atomic E-state index is -1.30. The molecule has 4 atom stereocenters. The van der Waals surface area contributed by atoms with Crippen molar-refractivity contribution in [3.63, 3.8) is 0 Å². The number of methoxy groups -OCH3 is 3. The number of unbranched alkanes of at least 4 members (excludes halogenated alkanes) is 4. The standard InChI is InChI=1S/C57H77N11O16/c1-79-45-20-16-34(29-38(45)51(72)66-42(13-5-9-25-59)54(75)64-33-17-21-48(82-32-49(69)70)37(28-33)50(63)71)65-55(76)43(14-6-10-26-60)67-52(73)39-31-36(19-23-46(39)80-2)84-57(78)44(15-7-11-27-61)68-53(74)40-30-35(18-22-47(40)81-3)83-56(77)41(62)12-4-8-24-58/h16-23,28-31,41-44H,4-15,24-27,32,58-62H2,1-3H3,(H2,63,71)(H,64,75)(H,65,76)(H,66,72)(H,67,73)(H,68,74)(H,69,70)/t41-,42-,43-,44-/m0/s1.